The Labute approximate surface area is 77.8 Å². The maximum Gasteiger partial charge on any atom is 0.0261 e. The summed E-state index contributed by atoms with van der Waals surface area (Å²) in [7, 11) is 0. The van der Waals surface area contributed by atoms with Crippen molar-refractivity contribution in [1.82, 2.24) is 0 Å². The molecule has 0 heterocycles. The van der Waals surface area contributed by atoms with Crippen molar-refractivity contribution < 1.29 is 0 Å². The van der Waals surface area contributed by atoms with E-state index in [1.165, 1.54) is 6.42 Å². The fourth-order valence-corrected chi connectivity index (χ4v) is 1.41. The predicted molar refractivity (Wildman–Crippen MR) is 55.9 cm³/mol. The van der Waals surface area contributed by atoms with Crippen molar-refractivity contribution in [3.05, 3.63) is 0 Å². The van der Waals surface area contributed by atoms with Crippen LogP contribution in [0.3, 0.4) is 0 Å². The van der Waals surface area contributed by atoms with Crippen LogP contribution in [-0.2, 0) is 0 Å². The molecular weight excluding hydrogens is 144 g/mol. The SMILES string of the molecule is CC(C)C#CC(C)(C)CC(C)C. The van der Waals surface area contributed by atoms with Gasteiger partial charge >= 0.3 is 0 Å². The second kappa shape index (κ2) is 4.55. The average Bonchev–Trinajstić information content (AvgIpc) is 1.81. The van der Waals surface area contributed by atoms with Gasteiger partial charge in [-0.3, -0.25) is 0 Å². The van der Waals surface area contributed by atoms with Gasteiger partial charge in [0, 0.05) is 11.3 Å². The highest BCUT2D eigenvalue weighted by atomic mass is 14.2. The first-order chi connectivity index (χ1) is 5.33. The minimum Gasteiger partial charge on any atom is -0.0999 e. The van der Waals surface area contributed by atoms with Crippen LogP contribution in [0.2, 0.25) is 0 Å². The third-order valence-corrected chi connectivity index (χ3v) is 1.62. The van der Waals surface area contributed by atoms with Gasteiger partial charge in [0.25, 0.3) is 0 Å². The van der Waals surface area contributed by atoms with Gasteiger partial charge in [-0.05, 0) is 26.2 Å². The Balaban J connectivity index is 4.15. The van der Waals surface area contributed by atoms with Crippen LogP contribution in [0.4, 0.5) is 0 Å². The van der Waals surface area contributed by atoms with Crippen LogP contribution in [0.25, 0.3) is 0 Å². The molecule has 0 saturated carbocycles. The molecule has 0 heteroatoms. The monoisotopic (exact) mass is 166 g/mol. The molecule has 0 aromatic carbocycles. The molecule has 0 saturated heterocycles. The van der Waals surface area contributed by atoms with E-state index in [4.69, 9.17) is 0 Å². The van der Waals surface area contributed by atoms with Crippen molar-refractivity contribution in [2.24, 2.45) is 17.3 Å². The molecule has 0 rings (SSSR count). The predicted octanol–water partition coefficient (Wildman–Crippen LogP) is 3.72. The molecule has 0 unspecified atom stereocenters. The molecule has 0 spiro atoms. The third kappa shape index (κ3) is 6.28. The second-order valence-electron chi connectivity index (χ2n) is 4.91. The maximum absolute atomic E-state index is 3.34. The van der Waals surface area contributed by atoms with Gasteiger partial charge in [0.2, 0.25) is 0 Å². The van der Waals surface area contributed by atoms with Gasteiger partial charge in [0.15, 0.2) is 0 Å². The van der Waals surface area contributed by atoms with Gasteiger partial charge in [-0.2, -0.15) is 0 Å². The highest BCUT2D eigenvalue weighted by Crippen LogP contribution is 2.23. The Kier molecular flexibility index (Phi) is 4.39. The zero-order chi connectivity index (χ0) is 9.78. The van der Waals surface area contributed by atoms with Crippen LogP contribution in [-0.4, -0.2) is 0 Å². The lowest BCUT2D eigenvalue weighted by Crippen LogP contribution is -2.11. The minimum absolute atomic E-state index is 0.193. The summed E-state index contributed by atoms with van der Waals surface area (Å²) >= 11 is 0. The van der Waals surface area contributed by atoms with Gasteiger partial charge in [0.05, 0.1) is 0 Å². The van der Waals surface area contributed by atoms with E-state index in [9.17, 15) is 0 Å². The van der Waals surface area contributed by atoms with E-state index in [1.807, 2.05) is 0 Å². The first-order valence-electron chi connectivity index (χ1n) is 4.86. The van der Waals surface area contributed by atoms with Crippen molar-refractivity contribution in [1.29, 1.82) is 0 Å². The van der Waals surface area contributed by atoms with Crippen LogP contribution >= 0.6 is 0 Å². The summed E-state index contributed by atoms with van der Waals surface area (Å²) in [6, 6.07) is 0. The second-order valence-corrected chi connectivity index (χ2v) is 4.91. The number of hydrogen-bond donors (Lipinski definition) is 0. The van der Waals surface area contributed by atoms with Crippen molar-refractivity contribution in [3.63, 3.8) is 0 Å². The molecule has 0 bridgehead atoms. The molecule has 0 aliphatic heterocycles. The molecule has 0 nitrogen and oxygen atoms in total. The Bertz CT molecular complexity index is 174. The van der Waals surface area contributed by atoms with Crippen LogP contribution in [0, 0.1) is 29.1 Å². The lowest BCUT2D eigenvalue weighted by molar-refractivity contribution is 0.381. The van der Waals surface area contributed by atoms with Gasteiger partial charge in [0.1, 0.15) is 0 Å². The number of hydrogen-bond acceptors (Lipinski definition) is 0. The highest BCUT2D eigenvalue weighted by Gasteiger charge is 2.15. The number of rotatable bonds is 2. The van der Waals surface area contributed by atoms with Crippen molar-refractivity contribution in [3.8, 4) is 11.8 Å². The summed E-state index contributed by atoms with van der Waals surface area (Å²) in [5, 5.41) is 0. The zero-order valence-corrected chi connectivity index (χ0v) is 9.36. The molecule has 0 amide bonds. The molecule has 0 N–H and O–H groups in total. The van der Waals surface area contributed by atoms with E-state index in [1.54, 1.807) is 0 Å². The van der Waals surface area contributed by atoms with E-state index in [-0.39, 0.29) is 5.41 Å². The molecule has 0 atom stereocenters. The fraction of sp³-hybridized carbons (Fsp3) is 0.833. The van der Waals surface area contributed by atoms with E-state index < -0.39 is 0 Å². The van der Waals surface area contributed by atoms with Crippen molar-refractivity contribution in [2.75, 3.05) is 0 Å². The Morgan fingerprint density at radius 1 is 1.08 bits per heavy atom. The summed E-state index contributed by atoms with van der Waals surface area (Å²) in [5.41, 5.74) is 0.193. The third-order valence-electron chi connectivity index (χ3n) is 1.62. The zero-order valence-electron chi connectivity index (χ0n) is 9.36. The van der Waals surface area contributed by atoms with Crippen molar-refractivity contribution >= 4 is 0 Å². The van der Waals surface area contributed by atoms with Gasteiger partial charge in [-0.1, -0.05) is 39.5 Å². The largest absolute Gasteiger partial charge is 0.0999 e. The maximum atomic E-state index is 3.34. The smallest absolute Gasteiger partial charge is 0.0261 e. The normalized spacial score (nSPS) is 11.7. The minimum atomic E-state index is 0.193. The topological polar surface area (TPSA) is 0 Å². The summed E-state index contributed by atoms with van der Waals surface area (Å²) < 4.78 is 0. The van der Waals surface area contributed by atoms with Crippen LogP contribution in [0.1, 0.15) is 48.0 Å². The molecule has 0 aromatic heterocycles. The first-order valence-corrected chi connectivity index (χ1v) is 4.86. The quantitative estimate of drug-likeness (QED) is 0.548. The molecule has 0 radical (unpaired) electrons. The van der Waals surface area contributed by atoms with E-state index in [0.29, 0.717) is 5.92 Å². The standard InChI is InChI=1S/C12H22/c1-10(2)7-8-12(5,6)9-11(3)4/h10-11H,9H2,1-6H3. The molecule has 0 fully saturated rings. The van der Waals surface area contributed by atoms with E-state index >= 15 is 0 Å². The molecule has 0 aliphatic carbocycles. The first kappa shape index (κ1) is 11.6. The van der Waals surface area contributed by atoms with Crippen LogP contribution in [0.15, 0.2) is 0 Å². The van der Waals surface area contributed by atoms with Gasteiger partial charge < -0.3 is 0 Å². The Morgan fingerprint density at radius 3 is 1.92 bits per heavy atom. The average molecular weight is 166 g/mol. The van der Waals surface area contributed by atoms with Crippen LogP contribution < -0.4 is 0 Å². The summed E-state index contributed by atoms with van der Waals surface area (Å²) in [6.07, 6.45) is 1.19. The highest BCUT2D eigenvalue weighted by molar-refractivity contribution is 5.10. The molecular formula is C12H22. The van der Waals surface area contributed by atoms with Crippen molar-refractivity contribution in [2.45, 2.75) is 48.0 Å². The summed E-state index contributed by atoms with van der Waals surface area (Å²) in [5.74, 6) is 7.82. The molecule has 70 valence electrons. The molecule has 12 heavy (non-hydrogen) atoms. The molecule has 0 aromatic rings. The lowest BCUT2D eigenvalue weighted by Gasteiger charge is -2.19. The summed E-state index contributed by atoms with van der Waals surface area (Å²) in [4.78, 5) is 0. The van der Waals surface area contributed by atoms with Crippen LogP contribution in [0.5, 0.6) is 0 Å². The van der Waals surface area contributed by atoms with E-state index in [0.717, 1.165) is 5.92 Å². The molecule has 0 aliphatic rings. The summed E-state index contributed by atoms with van der Waals surface area (Å²) in [6.45, 7) is 13.2. The Morgan fingerprint density at radius 2 is 1.58 bits per heavy atom. The Hall–Kier alpha value is -0.440. The fourth-order valence-electron chi connectivity index (χ4n) is 1.41. The lowest BCUT2D eigenvalue weighted by atomic mass is 9.84. The van der Waals surface area contributed by atoms with Gasteiger partial charge in [-0.25, -0.2) is 0 Å². The van der Waals surface area contributed by atoms with Gasteiger partial charge in [-0.15, -0.1) is 0 Å². The van der Waals surface area contributed by atoms with E-state index in [2.05, 4.69) is 53.4 Å².